The van der Waals surface area contributed by atoms with Crippen molar-refractivity contribution in [1.29, 1.82) is 0 Å². The smallest absolute Gasteiger partial charge is 0.338 e. The summed E-state index contributed by atoms with van der Waals surface area (Å²) in [6, 6.07) is 16.5. The highest BCUT2D eigenvalue weighted by atomic mass is 16.5. The predicted octanol–water partition coefficient (Wildman–Crippen LogP) is 4.10. The fourth-order valence-corrected chi connectivity index (χ4v) is 2.16. The third-order valence-corrected chi connectivity index (χ3v) is 3.34. The molecule has 0 spiro atoms. The van der Waals surface area contributed by atoms with E-state index in [0.29, 0.717) is 29.6 Å². The van der Waals surface area contributed by atoms with Gasteiger partial charge in [-0.1, -0.05) is 30.3 Å². The summed E-state index contributed by atoms with van der Waals surface area (Å²) in [5, 5.41) is 0. The number of rotatable bonds is 6. The van der Waals surface area contributed by atoms with Gasteiger partial charge < -0.3 is 13.9 Å². The third kappa shape index (κ3) is 3.81. The molecule has 5 heteroatoms. The molecule has 0 fully saturated rings. The topological polar surface area (TPSA) is 61.6 Å². The van der Waals surface area contributed by atoms with Crippen molar-refractivity contribution in [2.45, 2.75) is 13.5 Å². The summed E-state index contributed by atoms with van der Waals surface area (Å²) in [6.07, 6.45) is 1.68. The number of oxazole rings is 1. The van der Waals surface area contributed by atoms with Gasteiger partial charge in [-0.05, 0) is 31.2 Å². The van der Waals surface area contributed by atoms with Crippen LogP contribution in [0.5, 0.6) is 5.75 Å². The van der Waals surface area contributed by atoms with E-state index < -0.39 is 0 Å². The molecule has 0 radical (unpaired) electrons. The number of aromatic nitrogens is 1. The zero-order chi connectivity index (χ0) is 16.8. The Kier molecular flexibility index (Phi) is 4.91. The van der Waals surface area contributed by atoms with Gasteiger partial charge in [0.05, 0.1) is 18.4 Å². The molecule has 0 saturated heterocycles. The Morgan fingerprint density at radius 1 is 1.08 bits per heavy atom. The van der Waals surface area contributed by atoms with E-state index in [2.05, 4.69) is 4.98 Å². The van der Waals surface area contributed by atoms with Crippen LogP contribution in [0.1, 0.15) is 23.2 Å². The van der Waals surface area contributed by atoms with Crippen molar-refractivity contribution < 1.29 is 18.7 Å². The second-order valence-electron chi connectivity index (χ2n) is 5.02. The van der Waals surface area contributed by atoms with Crippen molar-refractivity contribution in [3.05, 3.63) is 72.2 Å². The molecule has 3 aromatic rings. The minimum absolute atomic E-state index is 0.214. The van der Waals surface area contributed by atoms with Crippen molar-refractivity contribution in [3.8, 4) is 17.1 Å². The minimum atomic E-state index is -0.343. The van der Waals surface area contributed by atoms with Gasteiger partial charge in [0, 0.05) is 5.56 Å². The molecule has 1 heterocycles. The molecule has 0 unspecified atom stereocenters. The zero-order valence-corrected chi connectivity index (χ0v) is 13.3. The maximum atomic E-state index is 11.6. The van der Waals surface area contributed by atoms with Crippen LogP contribution in [0.15, 0.2) is 65.2 Å². The van der Waals surface area contributed by atoms with E-state index in [-0.39, 0.29) is 12.6 Å². The first-order valence-electron chi connectivity index (χ1n) is 7.66. The maximum absolute atomic E-state index is 11.6. The average Bonchev–Trinajstić information content (AvgIpc) is 3.10. The number of hydrogen-bond acceptors (Lipinski definition) is 5. The monoisotopic (exact) mass is 323 g/mol. The first-order chi connectivity index (χ1) is 11.8. The van der Waals surface area contributed by atoms with Gasteiger partial charge in [-0.15, -0.1) is 0 Å². The van der Waals surface area contributed by atoms with Crippen LogP contribution >= 0.6 is 0 Å². The van der Waals surface area contributed by atoms with E-state index in [4.69, 9.17) is 13.9 Å². The molecule has 1 aromatic heterocycles. The first-order valence-corrected chi connectivity index (χ1v) is 7.66. The molecule has 0 N–H and O–H groups in total. The third-order valence-electron chi connectivity index (χ3n) is 3.34. The highest BCUT2D eigenvalue weighted by Crippen LogP contribution is 2.21. The van der Waals surface area contributed by atoms with Gasteiger partial charge in [-0.3, -0.25) is 0 Å². The van der Waals surface area contributed by atoms with Gasteiger partial charge >= 0.3 is 5.97 Å². The molecule has 0 aliphatic heterocycles. The summed E-state index contributed by atoms with van der Waals surface area (Å²) in [4.78, 5) is 15.8. The Bertz CT molecular complexity index is 794. The SMILES string of the molecule is CCOC(=O)c1ccc(OCc2ncc(-c3ccccc3)o2)cc1. The van der Waals surface area contributed by atoms with Crippen molar-refractivity contribution >= 4 is 5.97 Å². The molecular formula is C19H17NO4. The van der Waals surface area contributed by atoms with Crippen molar-refractivity contribution in [1.82, 2.24) is 4.98 Å². The number of nitrogens with zero attached hydrogens (tertiary/aromatic N) is 1. The van der Waals surface area contributed by atoms with Gasteiger partial charge in [-0.2, -0.15) is 0 Å². The molecule has 0 bridgehead atoms. The fraction of sp³-hybridized carbons (Fsp3) is 0.158. The molecule has 2 aromatic carbocycles. The van der Waals surface area contributed by atoms with Crippen LogP contribution in [0, 0.1) is 0 Å². The van der Waals surface area contributed by atoms with Gasteiger partial charge in [0.2, 0.25) is 5.89 Å². The minimum Gasteiger partial charge on any atom is -0.484 e. The summed E-state index contributed by atoms with van der Waals surface area (Å²) < 4.78 is 16.2. The number of esters is 1. The van der Waals surface area contributed by atoms with Gasteiger partial charge in [-0.25, -0.2) is 9.78 Å². The second-order valence-corrected chi connectivity index (χ2v) is 5.02. The first kappa shape index (κ1) is 15.8. The molecular weight excluding hydrogens is 306 g/mol. The molecule has 0 atom stereocenters. The summed E-state index contributed by atoms with van der Waals surface area (Å²) >= 11 is 0. The Balaban J connectivity index is 1.60. The van der Waals surface area contributed by atoms with Gasteiger partial charge in [0.1, 0.15) is 5.75 Å². The van der Waals surface area contributed by atoms with Crippen molar-refractivity contribution in [2.24, 2.45) is 0 Å². The quantitative estimate of drug-likeness (QED) is 0.639. The number of benzene rings is 2. The Labute approximate surface area is 139 Å². The lowest BCUT2D eigenvalue weighted by atomic mass is 10.2. The molecule has 0 amide bonds. The van der Waals surface area contributed by atoms with Crippen LogP contribution in [0.2, 0.25) is 0 Å². The predicted molar refractivity (Wildman–Crippen MR) is 88.7 cm³/mol. The summed E-state index contributed by atoms with van der Waals surface area (Å²) in [6.45, 7) is 2.34. The van der Waals surface area contributed by atoms with Crippen LogP contribution in [0.4, 0.5) is 0 Å². The van der Waals surface area contributed by atoms with E-state index >= 15 is 0 Å². The molecule has 0 aliphatic rings. The average molecular weight is 323 g/mol. The van der Waals surface area contributed by atoms with E-state index in [1.165, 1.54) is 0 Å². The van der Waals surface area contributed by atoms with Crippen LogP contribution in [0.3, 0.4) is 0 Å². The zero-order valence-electron chi connectivity index (χ0n) is 13.3. The van der Waals surface area contributed by atoms with Crippen molar-refractivity contribution in [2.75, 3.05) is 6.61 Å². The molecule has 3 rings (SSSR count). The van der Waals surface area contributed by atoms with Gasteiger partial charge in [0.25, 0.3) is 0 Å². The molecule has 122 valence electrons. The lowest BCUT2D eigenvalue weighted by molar-refractivity contribution is 0.0526. The lowest BCUT2D eigenvalue weighted by Gasteiger charge is -2.05. The van der Waals surface area contributed by atoms with Crippen LogP contribution in [-0.4, -0.2) is 17.6 Å². The summed E-state index contributed by atoms with van der Waals surface area (Å²) in [5.74, 6) is 1.47. The normalized spacial score (nSPS) is 10.4. The standard InChI is InChI=1S/C19H17NO4/c1-2-22-19(21)15-8-10-16(11-9-15)23-13-18-20-12-17(24-18)14-6-4-3-5-7-14/h3-12H,2,13H2,1H3. The van der Waals surface area contributed by atoms with E-state index in [9.17, 15) is 4.79 Å². The van der Waals surface area contributed by atoms with Crippen LogP contribution in [-0.2, 0) is 11.3 Å². The summed E-state index contributed by atoms with van der Waals surface area (Å²) in [7, 11) is 0. The lowest BCUT2D eigenvalue weighted by Crippen LogP contribution is -2.04. The Hall–Kier alpha value is -3.08. The second kappa shape index (κ2) is 7.46. The van der Waals surface area contributed by atoms with E-state index in [0.717, 1.165) is 5.56 Å². The van der Waals surface area contributed by atoms with Crippen LogP contribution in [0.25, 0.3) is 11.3 Å². The molecule has 0 aliphatic carbocycles. The Morgan fingerprint density at radius 2 is 1.83 bits per heavy atom. The van der Waals surface area contributed by atoms with Crippen LogP contribution < -0.4 is 4.74 Å². The number of ether oxygens (including phenoxy) is 2. The van der Waals surface area contributed by atoms with Crippen molar-refractivity contribution in [3.63, 3.8) is 0 Å². The molecule has 5 nitrogen and oxygen atoms in total. The molecule has 0 saturated carbocycles. The number of hydrogen-bond donors (Lipinski definition) is 0. The number of carbonyl (C=O) groups is 1. The summed E-state index contributed by atoms with van der Waals surface area (Å²) in [5.41, 5.74) is 1.46. The number of carbonyl (C=O) groups excluding carboxylic acids is 1. The maximum Gasteiger partial charge on any atom is 0.338 e. The van der Waals surface area contributed by atoms with Gasteiger partial charge in [0.15, 0.2) is 12.4 Å². The Morgan fingerprint density at radius 3 is 2.54 bits per heavy atom. The van der Waals surface area contributed by atoms with E-state index in [1.54, 1.807) is 37.4 Å². The molecule has 24 heavy (non-hydrogen) atoms. The largest absolute Gasteiger partial charge is 0.484 e. The van der Waals surface area contributed by atoms with E-state index in [1.807, 2.05) is 30.3 Å². The highest BCUT2D eigenvalue weighted by Gasteiger charge is 2.08. The fourth-order valence-electron chi connectivity index (χ4n) is 2.16. The highest BCUT2D eigenvalue weighted by molar-refractivity contribution is 5.89.